The second-order valence-electron chi connectivity index (χ2n) is 4.98. The average molecular weight is 214 g/mol. The number of hydrogen-bond donors (Lipinski definition) is 1. The van der Waals surface area contributed by atoms with Crippen LogP contribution in [-0.4, -0.2) is 38.0 Å². The van der Waals surface area contributed by atoms with Crippen LogP contribution in [0.5, 0.6) is 0 Å². The van der Waals surface area contributed by atoms with Crippen LogP contribution in [0.15, 0.2) is 0 Å². The maximum absolute atomic E-state index is 11.6. The van der Waals surface area contributed by atoms with Gasteiger partial charge in [0, 0.05) is 12.5 Å². The molecule has 0 aromatic carbocycles. The molecule has 0 aromatic heterocycles. The van der Waals surface area contributed by atoms with E-state index >= 15 is 0 Å². The largest absolute Gasteiger partial charge is 0.356 e. The number of hydrogen-bond acceptors (Lipinski definition) is 2. The molecule has 0 radical (unpaired) electrons. The molecule has 1 atom stereocenters. The molecule has 0 spiro atoms. The van der Waals surface area contributed by atoms with Crippen LogP contribution in [0.4, 0.5) is 0 Å². The van der Waals surface area contributed by atoms with E-state index in [1.807, 2.05) is 21.0 Å². The monoisotopic (exact) mass is 214 g/mol. The van der Waals surface area contributed by atoms with E-state index in [1.165, 1.54) is 0 Å². The third-order valence-electron chi connectivity index (χ3n) is 2.35. The predicted molar refractivity (Wildman–Crippen MR) is 64.8 cm³/mol. The second kappa shape index (κ2) is 7.69. The highest BCUT2D eigenvalue weighted by atomic mass is 16.1. The summed E-state index contributed by atoms with van der Waals surface area (Å²) in [7, 11) is 4.09. The summed E-state index contributed by atoms with van der Waals surface area (Å²) >= 11 is 0. The highest BCUT2D eigenvalue weighted by Gasteiger charge is 2.13. The second-order valence-corrected chi connectivity index (χ2v) is 4.98. The summed E-state index contributed by atoms with van der Waals surface area (Å²) < 4.78 is 0. The molecule has 1 unspecified atom stereocenters. The fraction of sp³-hybridized carbons (Fsp3) is 0.917. The van der Waals surface area contributed by atoms with E-state index < -0.39 is 0 Å². The summed E-state index contributed by atoms with van der Waals surface area (Å²) in [5, 5.41) is 2.98. The van der Waals surface area contributed by atoms with Crippen molar-refractivity contribution in [1.29, 1.82) is 0 Å². The van der Waals surface area contributed by atoms with Crippen LogP contribution in [0.3, 0.4) is 0 Å². The number of amides is 1. The molecule has 0 aliphatic rings. The highest BCUT2D eigenvalue weighted by molar-refractivity contribution is 5.78. The van der Waals surface area contributed by atoms with Gasteiger partial charge in [-0.15, -0.1) is 0 Å². The number of carbonyl (C=O) groups excluding carboxylic acids is 1. The first-order chi connectivity index (χ1) is 6.93. The maximum Gasteiger partial charge on any atom is 0.222 e. The molecule has 0 fully saturated rings. The van der Waals surface area contributed by atoms with E-state index in [1.54, 1.807) is 0 Å². The van der Waals surface area contributed by atoms with E-state index in [9.17, 15) is 4.79 Å². The first-order valence-corrected chi connectivity index (χ1v) is 5.86. The van der Waals surface area contributed by atoms with E-state index in [-0.39, 0.29) is 11.8 Å². The van der Waals surface area contributed by atoms with Crippen molar-refractivity contribution in [3.63, 3.8) is 0 Å². The van der Waals surface area contributed by atoms with Crippen LogP contribution in [0, 0.1) is 11.8 Å². The van der Waals surface area contributed by atoms with Gasteiger partial charge in [0.25, 0.3) is 0 Å². The Morgan fingerprint density at radius 1 is 1.27 bits per heavy atom. The highest BCUT2D eigenvalue weighted by Crippen LogP contribution is 2.10. The minimum Gasteiger partial charge on any atom is -0.356 e. The van der Waals surface area contributed by atoms with Crippen LogP contribution in [0.2, 0.25) is 0 Å². The van der Waals surface area contributed by atoms with Crippen molar-refractivity contribution in [2.45, 2.75) is 33.6 Å². The van der Waals surface area contributed by atoms with Crippen molar-refractivity contribution in [2.24, 2.45) is 11.8 Å². The fourth-order valence-electron chi connectivity index (χ4n) is 1.60. The summed E-state index contributed by atoms with van der Waals surface area (Å²) in [6.45, 7) is 8.12. The van der Waals surface area contributed by atoms with E-state index in [2.05, 4.69) is 24.1 Å². The molecule has 0 heterocycles. The van der Waals surface area contributed by atoms with Crippen molar-refractivity contribution >= 4 is 5.91 Å². The Hall–Kier alpha value is -0.570. The Balaban J connectivity index is 3.56. The smallest absolute Gasteiger partial charge is 0.222 e. The molecule has 1 N–H and O–H groups in total. The third kappa shape index (κ3) is 8.43. The molecule has 0 saturated heterocycles. The molecule has 1 amide bonds. The molecule has 3 nitrogen and oxygen atoms in total. The lowest BCUT2D eigenvalue weighted by molar-refractivity contribution is -0.124. The normalized spacial score (nSPS) is 13.3. The number of nitrogens with one attached hydrogen (secondary N) is 1. The molecule has 90 valence electrons. The number of nitrogens with zero attached hydrogens (tertiary/aromatic N) is 1. The quantitative estimate of drug-likeness (QED) is 0.655. The van der Waals surface area contributed by atoms with E-state index in [0.29, 0.717) is 5.92 Å². The molecule has 0 bridgehead atoms. The lowest BCUT2D eigenvalue weighted by atomic mass is 9.98. The zero-order valence-electron chi connectivity index (χ0n) is 10.8. The Morgan fingerprint density at radius 2 is 1.87 bits per heavy atom. The van der Waals surface area contributed by atoms with Crippen molar-refractivity contribution < 1.29 is 4.79 Å². The van der Waals surface area contributed by atoms with Crippen molar-refractivity contribution in [2.75, 3.05) is 27.2 Å². The van der Waals surface area contributed by atoms with Gasteiger partial charge in [-0.1, -0.05) is 20.8 Å². The zero-order valence-corrected chi connectivity index (χ0v) is 10.8. The fourth-order valence-corrected chi connectivity index (χ4v) is 1.60. The molecule has 0 aliphatic heterocycles. The first kappa shape index (κ1) is 14.4. The zero-order chi connectivity index (χ0) is 11.8. The standard InChI is InChI=1S/C12H26N2O/c1-10(2)9-11(3)12(15)13-7-6-8-14(4)5/h10-11H,6-9H2,1-5H3,(H,13,15). The van der Waals surface area contributed by atoms with Crippen molar-refractivity contribution in [1.82, 2.24) is 10.2 Å². The van der Waals surface area contributed by atoms with Gasteiger partial charge in [-0.25, -0.2) is 0 Å². The Kier molecular flexibility index (Phi) is 7.39. The third-order valence-corrected chi connectivity index (χ3v) is 2.35. The molecular formula is C12H26N2O. The Morgan fingerprint density at radius 3 is 2.33 bits per heavy atom. The van der Waals surface area contributed by atoms with Crippen LogP contribution >= 0.6 is 0 Å². The van der Waals surface area contributed by atoms with Gasteiger partial charge in [0.1, 0.15) is 0 Å². The van der Waals surface area contributed by atoms with Crippen LogP contribution in [0.25, 0.3) is 0 Å². The van der Waals surface area contributed by atoms with Gasteiger partial charge in [-0.3, -0.25) is 4.79 Å². The Bertz CT molecular complexity index is 178. The summed E-state index contributed by atoms with van der Waals surface area (Å²) in [5.41, 5.74) is 0. The van der Waals surface area contributed by atoms with Gasteiger partial charge in [0.15, 0.2) is 0 Å². The van der Waals surface area contributed by atoms with Gasteiger partial charge in [0.2, 0.25) is 5.91 Å². The molecule has 0 aromatic rings. The molecule has 3 heteroatoms. The van der Waals surface area contributed by atoms with Gasteiger partial charge >= 0.3 is 0 Å². The van der Waals surface area contributed by atoms with E-state index in [0.717, 1.165) is 25.9 Å². The molecule has 0 rings (SSSR count). The minimum absolute atomic E-state index is 0.143. The van der Waals surface area contributed by atoms with Gasteiger partial charge in [-0.2, -0.15) is 0 Å². The summed E-state index contributed by atoms with van der Waals surface area (Å²) in [6.07, 6.45) is 1.99. The minimum atomic E-state index is 0.143. The average Bonchev–Trinajstić information content (AvgIpc) is 2.10. The Labute approximate surface area is 94.2 Å². The summed E-state index contributed by atoms with van der Waals surface area (Å²) in [5.74, 6) is 0.930. The first-order valence-electron chi connectivity index (χ1n) is 5.86. The summed E-state index contributed by atoms with van der Waals surface area (Å²) in [4.78, 5) is 13.7. The SMILES string of the molecule is CC(C)CC(C)C(=O)NCCCN(C)C. The van der Waals surface area contributed by atoms with Crippen LogP contribution in [0.1, 0.15) is 33.6 Å². The topological polar surface area (TPSA) is 32.3 Å². The van der Waals surface area contributed by atoms with Crippen LogP contribution < -0.4 is 5.32 Å². The summed E-state index contributed by atoms with van der Waals surface area (Å²) in [6, 6.07) is 0. The molecule has 0 saturated carbocycles. The van der Waals surface area contributed by atoms with Gasteiger partial charge in [-0.05, 0) is 39.4 Å². The molecule has 0 aliphatic carbocycles. The molecule has 15 heavy (non-hydrogen) atoms. The van der Waals surface area contributed by atoms with Crippen molar-refractivity contribution in [3.8, 4) is 0 Å². The number of carbonyl (C=O) groups is 1. The van der Waals surface area contributed by atoms with Gasteiger partial charge < -0.3 is 10.2 Å². The lowest BCUT2D eigenvalue weighted by Gasteiger charge is -2.15. The van der Waals surface area contributed by atoms with Gasteiger partial charge in [0.05, 0.1) is 0 Å². The predicted octanol–water partition coefficient (Wildman–Crippen LogP) is 1.74. The lowest BCUT2D eigenvalue weighted by Crippen LogP contribution is -2.32. The van der Waals surface area contributed by atoms with Crippen molar-refractivity contribution in [3.05, 3.63) is 0 Å². The van der Waals surface area contributed by atoms with E-state index in [4.69, 9.17) is 0 Å². The van der Waals surface area contributed by atoms with Crippen LogP contribution in [-0.2, 0) is 4.79 Å². The number of rotatable bonds is 7. The maximum atomic E-state index is 11.6. The molecular weight excluding hydrogens is 188 g/mol.